The third kappa shape index (κ3) is 2.84. The van der Waals surface area contributed by atoms with Gasteiger partial charge in [-0.1, -0.05) is 12.1 Å². The van der Waals surface area contributed by atoms with Gasteiger partial charge in [-0.05, 0) is 32.9 Å². The molecule has 1 unspecified atom stereocenters. The number of rotatable bonds is 1. The van der Waals surface area contributed by atoms with E-state index in [2.05, 4.69) is 0 Å². The van der Waals surface area contributed by atoms with Crippen LogP contribution in [0.2, 0.25) is 0 Å². The normalized spacial score (nSPS) is 14.9. The molecule has 1 atom stereocenters. The summed E-state index contributed by atoms with van der Waals surface area (Å²) in [6.45, 7) is 4.95. The second-order valence-corrected chi connectivity index (χ2v) is 6.58. The maximum absolute atomic E-state index is 12.7. The summed E-state index contributed by atoms with van der Waals surface area (Å²) in [6.07, 6.45) is -4.46. The largest absolute Gasteiger partial charge is 0.417 e. The smallest absolute Gasteiger partial charge is 0.254 e. The molecule has 0 radical (unpaired) electrons. The Bertz CT molecular complexity index is 404. The van der Waals surface area contributed by atoms with Crippen LogP contribution in [0.3, 0.4) is 0 Å². The van der Waals surface area contributed by atoms with E-state index in [4.69, 9.17) is 0 Å². The zero-order chi connectivity index (χ0) is 12.6. The molecule has 90 valence electrons. The molecule has 0 aliphatic rings. The van der Waals surface area contributed by atoms with Gasteiger partial charge in [-0.3, -0.25) is 4.21 Å². The van der Waals surface area contributed by atoms with Crippen LogP contribution in [-0.2, 0) is 17.0 Å². The van der Waals surface area contributed by atoms with E-state index in [-0.39, 0.29) is 4.90 Å². The molecule has 0 heterocycles. The summed E-state index contributed by atoms with van der Waals surface area (Å²) >= 11 is 0. The van der Waals surface area contributed by atoms with Crippen molar-refractivity contribution < 1.29 is 17.4 Å². The lowest BCUT2D eigenvalue weighted by molar-refractivity contribution is -0.139. The van der Waals surface area contributed by atoms with E-state index < -0.39 is 27.3 Å². The zero-order valence-corrected chi connectivity index (χ0v) is 10.1. The van der Waals surface area contributed by atoms with Gasteiger partial charge in [0.15, 0.2) is 0 Å². The highest BCUT2D eigenvalue weighted by Gasteiger charge is 2.36. The van der Waals surface area contributed by atoms with Crippen LogP contribution in [0.25, 0.3) is 0 Å². The molecule has 0 N–H and O–H groups in total. The van der Waals surface area contributed by atoms with Gasteiger partial charge in [-0.2, -0.15) is 13.2 Å². The summed E-state index contributed by atoms with van der Waals surface area (Å²) in [7, 11) is -1.68. The minimum absolute atomic E-state index is 0.150. The summed E-state index contributed by atoms with van der Waals surface area (Å²) in [5.41, 5.74) is -0.816. The first-order chi connectivity index (χ1) is 7.14. The average molecular weight is 250 g/mol. The molecule has 0 spiro atoms. The van der Waals surface area contributed by atoms with Gasteiger partial charge in [0.25, 0.3) is 0 Å². The van der Waals surface area contributed by atoms with E-state index in [0.717, 1.165) is 6.07 Å². The van der Waals surface area contributed by atoms with E-state index in [1.54, 1.807) is 20.8 Å². The van der Waals surface area contributed by atoms with Gasteiger partial charge in [0.05, 0.1) is 21.3 Å². The highest BCUT2D eigenvalue weighted by Crippen LogP contribution is 2.35. The molecule has 16 heavy (non-hydrogen) atoms. The van der Waals surface area contributed by atoms with Crippen LogP contribution in [0, 0.1) is 0 Å². The SMILES string of the molecule is CC(C)(C)S(=O)c1ccccc1C(F)(F)F. The zero-order valence-electron chi connectivity index (χ0n) is 9.26. The molecular formula is C11H13F3OS. The van der Waals surface area contributed by atoms with Crippen LogP contribution in [0.1, 0.15) is 26.3 Å². The Hall–Kier alpha value is -0.840. The Morgan fingerprint density at radius 3 is 2.00 bits per heavy atom. The minimum atomic E-state index is -4.46. The summed E-state index contributed by atoms with van der Waals surface area (Å²) in [4.78, 5) is -0.150. The van der Waals surface area contributed by atoms with E-state index in [1.165, 1.54) is 18.2 Å². The highest BCUT2D eigenvalue weighted by atomic mass is 32.2. The van der Waals surface area contributed by atoms with Gasteiger partial charge in [-0.25, -0.2) is 0 Å². The number of hydrogen-bond donors (Lipinski definition) is 0. The van der Waals surface area contributed by atoms with E-state index in [1.807, 2.05) is 0 Å². The maximum atomic E-state index is 12.7. The Balaban J connectivity index is 3.31. The Labute approximate surface area is 95.1 Å². The fourth-order valence-electron chi connectivity index (χ4n) is 1.19. The molecule has 1 nitrogen and oxygen atoms in total. The van der Waals surface area contributed by atoms with Crippen molar-refractivity contribution in [3.05, 3.63) is 29.8 Å². The van der Waals surface area contributed by atoms with Gasteiger partial charge in [-0.15, -0.1) is 0 Å². The van der Waals surface area contributed by atoms with Crippen LogP contribution in [0.15, 0.2) is 29.2 Å². The van der Waals surface area contributed by atoms with Crippen LogP contribution in [0.4, 0.5) is 13.2 Å². The third-order valence-electron chi connectivity index (χ3n) is 1.95. The molecule has 0 aliphatic heterocycles. The molecule has 0 bridgehead atoms. The predicted molar refractivity (Wildman–Crippen MR) is 57.6 cm³/mol. The summed E-state index contributed by atoms with van der Waals surface area (Å²) in [5, 5.41) is 0. The van der Waals surface area contributed by atoms with Gasteiger partial charge in [0.1, 0.15) is 0 Å². The van der Waals surface area contributed by atoms with Gasteiger partial charge in [0.2, 0.25) is 0 Å². The number of hydrogen-bond acceptors (Lipinski definition) is 1. The first-order valence-electron chi connectivity index (χ1n) is 4.72. The predicted octanol–water partition coefficient (Wildman–Crippen LogP) is 3.61. The first kappa shape index (κ1) is 13.2. The molecule has 0 aliphatic carbocycles. The number of benzene rings is 1. The van der Waals surface area contributed by atoms with Crippen LogP contribution >= 0.6 is 0 Å². The maximum Gasteiger partial charge on any atom is 0.417 e. The van der Waals surface area contributed by atoms with Crippen LogP contribution in [-0.4, -0.2) is 8.96 Å². The van der Waals surface area contributed by atoms with Crippen molar-refractivity contribution in [2.45, 2.75) is 36.6 Å². The Kier molecular flexibility index (Phi) is 3.47. The topological polar surface area (TPSA) is 17.1 Å². The van der Waals surface area contributed by atoms with Crippen molar-refractivity contribution in [1.82, 2.24) is 0 Å². The number of halogens is 3. The summed E-state index contributed by atoms with van der Waals surface area (Å²) in [6, 6.07) is 4.99. The second kappa shape index (κ2) is 4.20. The average Bonchev–Trinajstić information content (AvgIpc) is 2.14. The molecule has 0 amide bonds. The highest BCUT2D eigenvalue weighted by molar-refractivity contribution is 7.86. The van der Waals surface area contributed by atoms with Gasteiger partial charge in [0, 0.05) is 4.75 Å². The summed E-state index contributed by atoms with van der Waals surface area (Å²) < 4.78 is 49.2. The van der Waals surface area contributed by atoms with E-state index in [0.29, 0.717) is 0 Å². The molecule has 0 saturated carbocycles. The Morgan fingerprint density at radius 1 is 1.06 bits per heavy atom. The molecule has 0 saturated heterocycles. The Morgan fingerprint density at radius 2 is 1.56 bits per heavy atom. The minimum Gasteiger partial charge on any atom is -0.254 e. The second-order valence-electron chi connectivity index (χ2n) is 4.38. The van der Waals surface area contributed by atoms with Crippen molar-refractivity contribution in [3.8, 4) is 0 Å². The van der Waals surface area contributed by atoms with Crippen LogP contribution in [0.5, 0.6) is 0 Å². The summed E-state index contributed by atoms with van der Waals surface area (Å²) in [5.74, 6) is 0. The van der Waals surface area contributed by atoms with Crippen LogP contribution < -0.4 is 0 Å². The van der Waals surface area contributed by atoms with Crippen molar-refractivity contribution >= 4 is 10.8 Å². The van der Waals surface area contributed by atoms with Gasteiger partial charge >= 0.3 is 6.18 Å². The van der Waals surface area contributed by atoms with Crippen molar-refractivity contribution in [1.29, 1.82) is 0 Å². The van der Waals surface area contributed by atoms with E-state index >= 15 is 0 Å². The van der Waals surface area contributed by atoms with Gasteiger partial charge < -0.3 is 0 Å². The monoisotopic (exact) mass is 250 g/mol. The lowest BCUT2D eigenvalue weighted by Gasteiger charge is -2.20. The molecule has 1 aromatic rings. The molecule has 0 aromatic heterocycles. The van der Waals surface area contributed by atoms with Crippen molar-refractivity contribution in [2.75, 3.05) is 0 Å². The number of alkyl halides is 3. The quantitative estimate of drug-likeness (QED) is 0.744. The standard InChI is InChI=1S/C11H13F3OS/c1-10(2,3)16(15)9-7-5-4-6-8(9)11(12,13)14/h4-7H,1-3H3. The lowest BCUT2D eigenvalue weighted by atomic mass is 10.2. The molecular weight excluding hydrogens is 237 g/mol. The lowest BCUT2D eigenvalue weighted by Crippen LogP contribution is -2.24. The molecule has 1 aromatic carbocycles. The molecule has 1 rings (SSSR count). The van der Waals surface area contributed by atoms with E-state index in [9.17, 15) is 17.4 Å². The molecule has 5 heteroatoms. The third-order valence-corrected chi connectivity index (χ3v) is 3.82. The van der Waals surface area contributed by atoms with Crippen molar-refractivity contribution in [3.63, 3.8) is 0 Å². The fourth-order valence-corrected chi connectivity index (χ4v) is 2.44. The first-order valence-corrected chi connectivity index (χ1v) is 5.87. The van der Waals surface area contributed by atoms with Crippen molar-refractivity contribution in [2.24, 2.45) is 0 Å². The molecule has 0 fully saturated rings. The fraction of sp³-hybridized carbons (Fsp3) is 0.455.